The van der Waals surface area contributed by atoms with Gasteiger partial charge in [0.05, 0.1) is 24.2 Å². The second-order valence-corrected chi connectivity index (χ2v) is 10.7. The molecule has 0 saturated carbocycles. The molecule has 172 valence electrons. The summed E-state index contributed by atoms with van der Waals surface area (Å²) in [5.41, 5.74) is 4.30. The van der Waals surface area contributed by atoms with Gasteiger partial charge in [-0.1, -0.05) is 29.5 Å². The van der Waals surface area contributed by atoms with Crippen LogP contribution in [-0.2, 0) is 30.2 Å². The molecule has 10 heteroatoms. The standard InChI is InChI=1S/C22H29N5O3S2/c1-7-26-21(13-27(32(6,29)30)18-10-8-15(2)9-11-18)23-24-22(26)31-14-20(28)19-12-16(3)25(5)17(19)4/h8-12H,7,13-14H2,1-6H3. The molecule has 0 amide bonds. The fourth-order valence-electron chi connectivity index (χ4n) is 3.45. The minimum Gasteiger partial charge on any atom is -0.351 e. The van der Waals surface area contributed by atoms with Crippen LogP contribution in [0.3, 0.4) is 0 Å². The van der Waals surface area contributed by atoms with Gasteiger partial charge < -0.3 is 9.13 Å². The van der Waals surface area contributed by atoms with Gasteiger partial charge in [0.1, 0.15) is 0 Å². The molecule has 0 aliphatic heterocycles. The first-order chi connectivity index (χ1) is 15.0. The van der Waals surface area contributed by atoms with E-state index < -0.39 is 10.0 Å². The number of anilines is 1. The molecule has 0 spiro atoms. The quantitative estimate of drug-likeness (QED) is 0.348. The smallest absolute Gasteiger partial charge is 0.232 e. The van der Waals surface area contributed by atoms with Gasteiger partial charge in [-0.2, -0.15) is 0 Å². The van der Waals surface area contributed by atoms with Crippen LogP contribution in [0.5, 0.6) is 0 Å². The highest BCUT2D eigenvalue weighted by atomic mass is 32.2. The van der Waals surface area contributed by atoms with E-state index in [0.717, 1.165) is 17.0 Å². The highest BCUT2D eigenvalue weighted by molar-refractivity contribution is 7.99. The second kappa shape index (κ2) is 9.50. The van der Waals surface area contributed by atoms with Gasteiger partial charge in [-0.25, -0.2) is 8.42 Å². The molecule has 8 nitrogen and oxygen atoms in total. The largest absolute Gasteiger partial charge is 0.351 e. The van der Waals surface area contributed by atoms with E-state index >= 15 is 0 Å². The summed E-state index contributed by atoms with van der Waals surface area (Å²) < 4.78 is 30.1. The number of hydrogen-bond acceptors (Lipinski definition) is 6. The molecule has 0 unspecified atom stereocenters. The summed E-state index contributed by atoms with van der Waals surface area (Å²) in [6.45, 7) is 8.42. The van der Waals surface area contributed by atoms with Gasteiger partial charge >= 0.3 is 0 Å². The van der Waals surface area contributed by atoms with Crippen molar-refractivity contribution in [1.29, 1.82) is 0 Å². The summed E-state index contributed by atoms with van der Waals surface area (Å²) in [5, 5.41) is 9.07. The Hall–Kier alpha value is -2.59. The zero-order valence-electron chi connectivity index (χ0n) is 19.3. The van der Waals surface area contributed by atoms with Crippen molar-refractivity contribution in [2.75, 3.05) is 16.3 Å². The van der Waals surface area contributed by atoms with Crippen LogP contribution < -0.4 is 4.31 Å². The van der Waals surface area contributed by atoms with Gasteiger partial charge in [0.2, 0.25) is 10.0 Å². The highest BCUT2D eigenvalue weighted by Gasteiger charge is 2.23. The Kier molecular flexibility index (Phi) is 7.14. The van der Waals surface area contributed by atoms with E-state index in [1.165, 1.54) is 22.3 Å². The Labute approximate surface area is 193 Å². The molecule has 2 heterocycles. The Morgan fingerprint density at radius 1 is 1.12 bits per heavy atom. The maximum absolute atomic E-state index is 12.8. The third kappa shape index (κ3) is 5.07. The number of aryl methyl sites for hydroxylation is 2. The van der Waals surface area contributed by atoms with E-state index in [9.17, 15) is 13.2 Å². The lowest BCUT2D eigenvalue weighted by atomic mass is 10.2. The van der Waals surface area contributed by atoms with Crippen molar-refractivity contribution < 1.29 is 13.2 Å². The minimum absolute atomic E-state index is 0.0285. The van der Waals surface area contributed by atoms with Gasteiger partial charge in [-0.15, -0.1) is 10.2 Å². The average Bonchev–Trinajstić information content (AvgIpc) is 3.25. The number of rotatable bonds is 9. The maximum atomic E-state index is 12.8. The molecule has 1 aromatic carbocycles. The predicted molar refractivity (Wildman–Crippen MR) is 128 cm³/mol. The molecule has 32 heavy (non-hydrogen) atoms. The predicted octanol–water partition coefficient (Wildman–Crippen LogP) is 3.50. The molecule has 3 aromatic rings. The van der Waals surface area contributed by atoms with Crippen LogP contribution in [0, 0.1) is 20.8 Å². The summed E-state index contributed by atoms with van der Waals surface area (Å²) in [6.07, 6.45) is 1.18. The molecular weight excluding hydrogens is 446 g/mol. The number of sulfonamides is 1. The van der Waals surface area contributed by atoms with Crippen molar-refractivity contribution in [2.24, 2.45) is 7.05 Å². The van der Waals surface area contributed by atoms with Crippen LogP contribution in [0.15, 0.2) is 35.5 Å². The number of ketones is 1. The third-order valence-electron chi connectivity index (χ3n) is 5.52. The molecule has 0 N–H and O–H groups in total. The molecule has 0 aliphatic rings. The van der Waals surface area contributed by atoms with Crippen molar-refractivity contribution in [3.05, 3.63) is 58.7 Å². The number of carbonyl (C=O) groups is 1. The number of hydrogen-bond donors (Lipinski definition) is 0. The van der Waals surface area contributed by atoms with Crippen molar-refractivity contribution in [1.82, 2.24) is 19.3 Å². The Balaban J connectivity index is 1.81. The summed E-state index contributed by atoms with van der Waals surface area (Å²) in [4.78, 5) is 12.8. The number of Topliss-reactive ketones (excluding diaryl/α,β-unsaturated/α-hetero) is 1. The first kappa shape index (κ1) is 24.1. The molecule has 0 aliphatic carbocycles. The van der Waals surface area contributed by atoms with Crippen molar-refractivity contribution in [3.63, 3.8) is 0 Å². The Morgan fingerprint density at radius 3 is 2.31 bits per heavy atom. The van der Waals surface area contributed by atoms with E-state index in [2.05, 4.69) is 10.2 Å². The molecule has 2 aromatic heterocycles. The zero-order chi connectivity index (χ0) is 23.6. The van der Waals surface area contributed by atoms with Crippen molar-refractivity contribution >= 4 is 33.3 Å². The van der Waals surface area contributed by atoms with Gasteiger partial charge in [0.15, 0.2) is 16.8 Å². The summed E-state index contributed by atoms with van der Waals surface area (Å²) >= 11 is 1.31. The van der Waals surface area contributed by atoms with E-state index in [1.807, 2.05) is 62.1 Å². The van der Waals surface area contributed by atoms with Crippen LogP contribution in [0.1, 0.15) is 40.1 Å². The first-order valence-corrected chi connectivity index (χ1v) is 13.1. The lowest BCUT2D eigenvalue weighted by Crippen LogP contribution is -2.30. The SMILES string of the molecule is CCn1c(CN(c2ccc(C)cc2)S(C)(=O)=O)nnc1SCC(=O)c1cc(C)n(C)c1C. The van der Waals surface area contributed by atoms with Gasteiger partial charge in [-0.05, 0) is 45.9 Å². The summed E-state index contributed by atoms with van der Waals surface area (Å²) in [6, 6.07) is 9.21. The third-order valence-corrected chi connectivity index (χ3v) is 7.63. The number of aromatic nitrogens is 4. The summed E-state index contributed by atoms with van der Waals surface area (Å²) in [7, 11) is -1.58. The van der Waals surface area contributed by atoms with Crippen LogP contribution >= 0.6 is 11.8 Å². The fourth-order valence-corrected chi connectivity index (χ4v) is 5.20. The van der Waals surface area contributed by atoms with E-state index in [0.29, 0.717) is 28.8 Å². The number of carbonyl (C=O) groups excluding carboxylic acids is 1. The second-order valence-electron chi connectivity index (χ2n) is 7.80. The fraction of sp³-hybridized carbons (Fsp3) is 0.409. The number of thioether (sulfide) groups is 1. The van der Waals surface area contributed by atoms with Crippen LogP contribution in [0.4, 0.5) is 5.69 Å². The molecule has 0 radical (unpaired) electrons. The molecule has 0 bridgehead atoms. The monoisotopic (exact) mass is 475 g/mol. The lowest BCUT2D eigenvalue weighted by Gasteiger charge is -2.22. The normalized spacial score (nSPS) is 11.7. The van der Waals surface area contributed by atoms with Crippen LogP contribution in [0.2, 0.25) is 0 Å². The average molecular weight is 476 g/mol. The van der Waals surface area contributed by atoms with Crippen LogP contribution in [0.25, 0.3) is 0 Å². The van der Waals surface area contributed by atoms with Crippen molar-refractivity contribution in [2.45, 2.75) is 45.9 Å². The first-order valence-electron chi connectivity index (χ1n) is 10.3. The van der Waals surface area contributed by atoms with Gasteiger partial charge in [0.25, 0.3) is 0 Å². The van der Waals surface area contributed by atoms with Gasteiger partial charge in [-0.3, -0.25) is 9.10 Å². The van der Waals surface area contributed by atoms with Gasteiger partial charge in [0, 0.05) is 30.5 Å². The van der Waals surface area contributed by atoms with E-state index in [4.69, 9.17) is 0 Å². The molecular formula is C22H29N5O3S2. The lowest BCUT2D eigenvalue weighted by molar-refractivity contribution is 0.102. The van der Waals surface area contributed by atoms with E-state index in [1.54, 1.807) is 12.1 Å². The number of benzene rings is 1. The molecule has 0 saturated heterocycles. The number of nitrogens with zero attached hydrogens (tertiary/aromatic N) is 5. The Bertz CT molecular complexity index is 1230. The molecule has 0 fully saturated rings. The van der Waals surface area contributed by atoms with E-state index in [-0.39, 0.29) is 18.1 Å². The molecule has 0 atom stereocenters. The zero-order valence-corrected chi connectivity index (χ0v) is 20.9. The topological polar surface area (TPSA) is 90.1 Å². The highest BCUT2D eigenvalue weighted by Crippen LogP contribution is 2.24. The summed E-state index contributed by atoms with van der Waals surface area (Å²) in [5.74, 6) is 0.789. The maximum Gasteiger partial charge on any atom is 0.232 e. The minimum atomic E-state index is -3.52. The van der Waals surface area contributed by atoms with Crippen molar-refractivity contribution in [3.8, 4) is 0 Å². The molecule has 3 rings (SSSR count). The van der Waals surface area contributed by atoms with Crippen LogP contribution in [-0.4, -0.2) is 45.5 Å². The Morgan fingerprint density at radius 2 is 1.78 bits per heavy atom.